The molecular weight excluding hydrogens is 475 g/mol. The Hall–Kier alpha value is -2.60. The van der Waals surface area contributed by atoms with E-state index in [0.717, 1.165) is 16.9 Å². The van der Waals surface area contributed by atoms with Gasteiger partial charge in [0.1, 0.15) is 6.54 Å². The van der Waals surface area contributed by atoms with Crippen LogP contribution in [0, 0.1) is 0 Å². The van der Waals surface area contributed by atoms with Crippen molar-refractivity contribution in [2.75, 3.05) is 11.4 Å². The summed E-state index contributed by atoms with van der Waals surface area (Å²) in [5.74, 6) is -5.05. The molecule has 2 amide bonds. The Balaban J connectivity index is 2.32. The number of halogens is 3. The lowest BCUT2D eigenvalue weighted by atomic mass is 10.0. The molecule has 2 rings (SSSR count). The molecule has 34 heavy (non-hydrogen) atoms. The predicted molar refractivity (Wildman–Crippen MR) is 121 cm³/mol. The topological polar surface area (TPSA) is 110 Å². The van der Waals surface area contributed by atoms with Gasteiger partial charge in [-0.05, 0) is 57.7 Å². The average Bonchev–Trinajstić information content (AvgIpc) is 2.81. The Morgan fingerprint density at radius 1 is 1.21 bits per heavy atom. The molecule has 1 aliphatic rings. The number of benzene rings is 1. The molecule has 1 aromatic rings. The Kier molecular flexibility index (Phi) is 9.12. The van der Waals surface area contributed by atoms with E-state index in [1.807, 2.05) is 6.07 Å². The Bertz CT molecular complexity index is 952. The number of hydrogen-bond donors (Lipinski definition) is 2. The van der Waals surface area contributed by atoms with Crippen LogP contribution < -0.4 is 10.6 Å². The fourth-order valence-corrected chi connectivity index (χ4v) is 3.88. The molecule has 0 fully saturated rings. The van der Waals surface area contributed by atoms with Crippen LogP contribution in [-0.2, 0) is 25.5 Å². The first-order valence-electron chi connectivity index (χ1n) is 10.7. The minimum Gasteiger partial charge on any atom is -0.386 e. The number of esters is 2. The molecule has 0 radical (unpaired) electrons. The predicted octanol–water partition coefficient (Wildman–Crippen LogP) is 2.83. The molecule has 1 aliphatic heterocycles. The molecule has 0 aromatic heterocycles. The van der Waals surface area contributed by atoms with Crippen molar-refractivity contribution in [3.63, 3.8) is 0 Å². The summed E-state index contributed by atoms with van der Waals surface area (Å²) in [5.41, 5.74) is 7.14. The highest BCUT2D eigenvalue weighted by Crippen LogP contribution is 2.30. The zero-order valence-corrected chi connectivity index (χ0v) is 20.0. The lowest BCUT2D eigenvalue weighted by Gasteiger charge is -2.28. The van der Waals surface area contributed by atoms with Crippen molar-refractivity contribution in [1.82, 2.24) is 4.90 Å². The number of nitrogens with two attached hydrogens (primary N) is 1. The number of rotatable bonds is 8. The van der Waals surface area contributed by atoms with Gasteiger partial charge in [-0.25, -0.2) is 4.79 Å². The summed E-state index contributed by atoms with van der Waals surface area (Å²) in [5, 5.41) is -0.267. The number of thiol groups is 1. The van der Waals surface area contributed by atoms with Crippen LogP contribution in [0.15, 0.2) is 18.2 Å². The second-order valence-corrected chi connectivity index (χ2v) is 9.08. The largest absolute Gasteiger partial charge is 0.491 e. The molecule has 0 saturated carbocycles. The van der Waals surface area contributed by atoms with E-state index >= 15 is 0 Å². The van der Waals surface area contributed by atoms with Crippen LogP contribution in [0.25, 0.3) is 0 Å². The first kappa shape index (κ1) is 27.6. The third-order valence-corrected chi connectivity index (χ3v) is 5.56. The summed E-state index contributed by atoms with van der Waals surface area (Å²) in [6, 6.07) is 3.89. The number of carbonyl (C=O) groups is 4. The number of hydrogen-bond acceptors (Lipinski definition) is 7. The molecule has 1 heterocycles. The van der Waals surface area contributed by atoms with E-state index in [0.29, 0.717) is 18.5 Å². The van der Waals surface area contributed by atoms with Crippen molar-refractivity contribution in [1.29, 1.82) is 0 Å². The molecule has 0 bridgehead atoms. The molecule has 12 heteroatoms. The van der Waals surface area contributed by atoms with Crippen molar-refractivity contribution < 1.29 is 37.1 Å². The average molecular weight is 504 g/mol. The van der Waals surface area contributed by atoms with Gasteiger partial charge < -0.3 is 20.3 Å². The molecule has 1 aromatic carbocycles. The maximum Gasteiger partial charge on any atom is 0.491 e. The van der Waals surface area contributed by atoms with E-state index in [1.165, 1.54) is 11.8 Å². The van der Waals surface area contributed by atoms with Crippen molar-refractivity contribution in [3.8, 4) is 0 Å². The standard InChI is InChI=1S/C22H28F3N3O5S/c1-12(2)28-16-8-7-14(5-4-6-17(26)34)10-15(16)20(31)27(11-18(28)29)13(3)9-19(30)33-21(32)22(23,24)25/h7-8,10,12-13,17,34H,4-6,9,11,26H2,1-3H3. The number of ether oxygens (including phenoxy) is 1. The van der Waals surface area contributed by atoms with E-state index in [-0.39, 0.29) is 17.0 Å². The highest BCUT2D eigenvalue weighted by atomic mass is 32.1. The van der Waals surface area contributed by atoms with Gasteiger partial charge in [-0.15, -0.1) is 0 Å². The molecule has 2 unspecified atom stereocenters. The first-order valence-corrected chi connectivity index (χ1v) is 11.3. The van der Waals surface area contributed by atoms with Gasteiger partial charge in [0.05, 0.1) is 17.7 Å². The van der Waals surface area contributed by atoms with Gasteiger partial charge in [-0.2, -0.15) is 25.8 Å². The normalized spacial score (nSPS) is 16.3. The maximum atomic E-state index is 13.4. The van der Waals surface area contributed by atoms with Crippen LogP contribution >= 0.6 is 12.6 Å². The smallest absolute Gasteiger partial charge is 0.386 e. The van der Waals surface area contributed by atoms with E-state index in [9.17, 15) is 32.3 Å². The highest BCUT2D eigenvalue weighted by molar-refractivity contribution is 7.80. The molecule has 0 spiro atoms. The summed E-state index contributed by atoms with van der Waals surface area (Å²) >= 11 is 4.15. The van der Waals surface area contributed by atoms with Crippen molar-refractivity contribution >= 4 is 42.1 Å². The lowest BCUT2D eigenvalue weighted by Crippen LogP contribution is -2.46. The number of carbonyl (C=O) groups excluding carboxylic acids is 4. The minimum atomic E-state index is -5.32. The maximum absolute atomic E-state index is 13.4. The van der Waals surface area contributed by atoms with Gasteiger partial charge >= 0.3 is 18.1 Å². The van der Waals surface area contributed by atoms with Gasteiger partial charge in [0.25, 0.3) is 5.91 Å². The molecule has 8 nitrogen and oxygen atoms in total. The third-order valence-electron chi connectivity index (χ3n) is 5.30. The second kappa shape index (κ2) is 11.2. The monoisotopic (exact) mass is 503 g/mol. The van der Waals surface area contributed by atoms with E-state index in [4.69, 9.17) is 5.73 Å². The Morgan fingerprint density at radius 2 is 1.85 bits per heavy atom. The van der Waals surface area contributed by atoms with Crippen molar-refractivity contribution in [2.45, 2.75) is 70.1 Å². The second-order valence-electron chi connectivity index (χ2n) is 8.41. The zero-order chi connectivity index (χ0) is 25.8. The molecule has 188 valence electrons. The molecular formula is C22H28F3N3O5S. The van der Waals surface area contributed by atoms with E-state index in [2.05, 4.69) is 17.4 Å². The number of fused-ring (bicyclic) bond motifs is 1. The quantitative estimate of drug-likeness (QED) is 0.244. The number of alkyl halides is 3. The number of aryl methyl sites for hydroxylation is 1. The van der Waals surface area contributed by atoms with Gasteiger partial charge in [0, 0.05) is 17.5 Å². The fourth-order valence-electron chi connectivity index (χ4n) is 3.69. The summed E-state index contributed by atoms with van der Waals surface area (Å²) in [7, 11) is 0. The van der Waals surface area contributed by atoms with Gasteiger partial charge in [-0.3, -0.25) is 14.4 Å². The van der Waals surface area contributed by atoms with Crippen LogP contribution in [0.3, 0.4) is 0 Å². The minimum absolute atomic E-state index is 0.235. The number of nitrogens with zero attached hydrogens (tertiary/aromatic N) is 2. The Morgan fingerprint density at radius 3 is 2.41 bits per heavy atom. The van der Waals surface area contributed by atoms with Crippen LogP contribution in [0.1, 0.15) is 56.0 Å². The van der Waals surface area contributed by atoms with E-state index < -0.39 is 48.9 Å². The highest BCUT2D eigenvalue weighted by Gasteiger charge is 2.43. The summed E-state index contributed by atoms with van der Waals surface area (Å²) < 4.78 is 40.9. The van der Waals surface area contributed by atoms with Crippen LogP contribution in [0.5, 0.6) is 0 Å². The zero-order valence-electron chi connectivity index (χ0n) is 19.1. The summed E-state index contributed by atoms with van der Waals surface area (Å²) in [6.45, 7) is 4.57. The molecule has 2 atom stereocenters. The van der Waals surface area contributed by atoms with Gasteiger partial charge in [-0.1, -0.05) is 6.07 Å². The number of anilines is 1. The van der Waals surface area contributed by atoms with Gasteiger partial charge in [0.15, 0.2) is 0 Å². The first-order chi connectivity index (χ1) is 15.7. The molecule has 2 N–H and O–H groups in total. The fraction of sp³-hybridized carbons (Fsp3) is 0.545. The summed E-state index contributed by atoms with van der Waals surface area (Å²) in [6.07, 6.45) is -4.02. The van der Waals surface area contributed by atoms with Gasteiger partial charge in [0.2, 0.25) is 5.91 Å². The van der Waals surface area contributed by atoms with Crippen LogP contribution in [-0.4, -0.2) is 58.8 Å². The van der Waals surface area contributed by atoms with Crippen molar-refractivity contribution in [2.24, 2.45) is 5.73 Å². The third kappa shape index (κ3) is 6.95. The number of amides is 2. The molecule has 0 aliphatic carbocycles. The lowest BCUT2D eigenvalue weighted by molar-refractivity contribution is -0.202. The summed E-state index contributed by atoms with van der Waals surface area (Å²) in [4.78, 5) is 51.8. The van der Waals surface area contributed by atoms with E-state index in [1.54, 1.807) is 26.0 Å². The van der Waals surface area contributed by atoms with Crippen LogP contribution in [0.4, 0.5) is 18.9 Å². The molecule has 0 saturated heterocycles. The van der Waals surface area contributed by atoms with Crippen molar-refractivity contribution in [3.05, 3.63) is 29.3 Å². The SMILES string of the molecule is CC(CC(=O)OC(=O)C(F)(F)F)N1CC(=O)N(C(C)C)c2ccc(CCCC(N)S)cc2C1=O. The Labute approximate surface area is 201 Å². The van der Waals surface area contributed by atoms with Crippen LogP contribution in [0.2, 0.25) is 0 Å².